The van der Waals surface area contributed by atoms with Gasteiger partial charge in [-0.1, -0.05) is 23.7 Å². The molecule has 1 amide bonds. The van der Waals surface area contributed by atoms with Crippen molar-refractivity contribution in [2.75, 3.05) is 26.2 Å². The van der Waals surface area contributed by atoms with Crippen molar-refractivity contribution in [3.05, 3.63) is 70.2 Å². The molecule has 1 aliphatic heterocycles. The second-order valence-electron chi connectivity index (χ2n) is 6.08. The third-order valence-corrected chi connectivity index (χ3v) is 4.58. The van der Waals surface area contributed by atoms with Gasteiger partial charge >= 0.3 is 5.97 Å². The van der Waals surface area contributed by atoms with Gasteiger partial charge < -0.3 is 10.0 Å². The smallest absolute Gasteiger partial charge is 0.335 e. The number of carboxylic acids is 1. The molecule has 1 aliphatic rings. The van der Waals surface area contributed by atoms with E-state index in [-0.39, 0.29) is 5.91 Å². The van der Waals surface area contributed by atoms with Gasteiger partial charge in [0.2, 0.25) is 0 Å². The number of carboxylic acid groups (broad SMARTS) is 1. The van der Waals surface area contributed by atoms with E-state index in [9.17, 15) is 9.59 Å². The minimum Gasteiger partial charge on any atom is -0.478 e. The van der Waals surface area contributed by atoms with Gasteiger partial charge in [-0.3, -0.25) is 9.69 Å². The summed E-state index contributed by atoms with van der Waals surface area (Å²) in [6.07, 6.45) is 0. The molecule has 1 heterocycles. The van der Waals surface area contributed by atoms with Gasteiger partial charge in [0.25, 0.3) is 5.91 Å². The summed E-state index contributed by atoms with van der Waals surface area (Å²) in [5, 5.41) is 9.69. The molecule has 6 heteroatoms. The maximum Gasteiger partial charge on any atom is 0.335 e. The van der Waals surface area contributed by atoms with E-state index in [1.54, 1.807) is 42.5 Å². The monoisotopic (exact) mass is 358 g/mol. The molecule has 0 atom stereocenters. The minimum atomic E-state index is -0.916. The first-order valence-corrected chi connectivity index (χ1v) is 8.50. The summed E-state index contributed by atoms with van der Waals surface area (Å²) in [6.45, 7) is 3.51. The quantitative estimate of drug-likeness (QED) is 0.912. The Hall–Kier alpha value is -2.37. The Morgan fingerprint density at radius 1 is 0.960 bits per heavy atom. The van der Waals surface area contributed by atoms with Crippen LogP contribution in [0.2, 0.25) is 5.02 Å². The average molecular weight is 359 g/mol. The SMILES string of the molecule is O=C(O)c1cccc(CN2CCN(C(=O)c3ccc(Cl)cc3)CC2)c1. The standard InChI is InChI=1S/C19H19ClN2O3/c20-17-6-4-15(5-7-17)18(23)22-10-8-21(9-11-22)13-14-2-1-3-16(12-14)19(24)25/h1-7,12H,8-11,13H2,(H,24,25). The highest BCUT2D eigenvalue weighted by Crippen LogP contribution is 2.15. The summed E-state index contributed by atoms with van der Waals surface area (Å²) in [5.41, 5.74) is 1.92. The molecule has 0 aliphatic carbocycles. The topological polar surface area (TPSA) is 60.9 Å². The lowest BCUT2D eigenvalue weighted by atomic mass is 10.1. The largest absolute Gasteiger partial charge is 0.478 e. The number of aromatic carboxylic acids is 1. The van der Waals surface area contributed by atoms with Crippen molar-refractivity contribution >= 4 is 23.5 Å². The molecule has 1 saturated heterocycles. The van der Waals surface area contributed by atoms with Crippen LogP contribution in [-0.4, -0.2) is 53.0 Å². The number of piperazine rings is 1. The lowest BCUT2D eigenvalue weighted by molar-refractivity contribution is 0.0626. The van der Waals surface area contributed by atoms with E-state index >= 15 is 0 Å². The summed E-state index contributed by atoms with van der Waals surface area (Å²) in [5.74, 6) is -0.899. The number of hydrogen-bond donors (Lipinski definition) is 1. The molecule has 0 saturated carbocycles. The first-order chi connectivity index (χ1) is 12.0. The molecule has 0 unspecified atom stereocenters. The van der Waals surface area contributed by atoms with Crippen LogP contribution in [0.15, 0.2) is 48.5 Å². The van der Waals surface area contributed by atoms with Gasteiger partial charge in [-0.2, -0.15) is 0 Å². The van der Waals surface area contributed by atoms with Gasteiger partial charge in [0.05, 0.1) is 5.56 Å². The van der Waals surface area contributed by atoms with Gasteiger partial charge in [0.1, 0.15) is 0 Å². The van der Waals surface area contributed by atoms with Gasteiger partial charge in [-0.25, -0.2) is 4.79 Å². The molecule has 2 aromatic carbocycles. The van der Waals surface area contributed by atoms with Crippen molar-refractivity contribution in [1.82, 2.24) is 9.80 Å². The maximum atomic E-state index is 12.5. The van der Waals surface area contributed by atoms with Crippen LogP contribution in [0, 0.1) is 0 Å². The van der Waals surface area contributed by atoms with Gasteiger partial charge in [-0.05, 0) is 42.0 Å². The minimum absolute atomic E-state index is 0.0178. The van der Waals surface area contributed by atoms with E-state index in [1.165, 1.54) is 0 Å². The van der Waals surface area contributed by atoms with Crippen LogP contribution < -0.4 is 0 Å². The number of nitrogens with zero attached hydrogens (tertiary/aromatic N) is 2. The van der Waals surface area contributed by atoms with E-state index in [4.69, 9.17) is 16.7 Å². The van der Waals surface area contributed by atoms with Gasteiger partial charge in [0, 0.05) is 43.3 Å². The number of halogens is 1. The molecule has 1 fully saturated rings. The van der Waals surface area contributed by atoms with Crippen LogP contribution in [0.3, 0.4) is 0 Å². The number of rotatable bonds is 4. The summed E-state index contributed by atoms with van der Waals surface area (Å²) in [6, 6.07) is 13.9. The lowest BCUT2D eigenvalue weighted by Gasteiger charge is -2.34. The van der Waals surface area contributed by atoms with Crippen LogP contribution in [0.1, 0.15) is 26.3 Å². The predicted molar refractivity (Wildman–Crippen MR) is 96.0 cm³/mol. The molecular weight excluding hydrogens is 340 g/mol. The fourth-order valence-corrected chi connectivity index (χ4v) is 3.07. The summed E-state index contributed by atoms with van der Waals surface area (Å²) < 4.78 is 0. The number of amides is 1. The Labute approximate surface area is 151 Å². The number of hydrogen-bond acceptors (Lipinski definition) is 3. The van der Waals surface area contributed by atoms with E-state index in [0.717, 1.165) is 18.7 Å². The Morgan fingerprint density at radius 3 is 2.28 bits per heavy atom. The van der Waals surface area contributed by atoms with E-state index in [1.807, 2.05) is 11.0 Å². The van der Waals surface area contributed by atoms with Crippen molar-refractivity contribution < 1.29 is 14.7 Å². The fraction of sp³-hybridized carbons (Fsp3) is 0.263. The highest BCUT2D eigenvalue weighted by Gasteiger charge is 2.22. The molecule has 130 valence electrons. The Bertz CT molecular complexity index is 768. The summed E-state index contributed by atoms with van der Waals surface area (Å²) in [4.78, 5) is 27.6. The highest BCUT2D eigenvalue weighted by molar-refractivity contribution is 6.30. The number of carbonyl (C=O) groups excluding carboxylic acids is 1. The zero-order valence-electron chi connectivity index (χ0n) is 13.7. The van der Waals surface area contributed by atoms with Gasteiger partial charge in [-0.15, -0.1) is 0 Å². The second-order valence-corrected chi connectivity index (χ2v) is 6.52. The van der Waals surface area contributed by atoms with Crippen LogP contribution in [0.5, 0.6) is 0 Å². The fourth-order valence-electron chi connectivity index (χ4n) is 2.95. The molecule has 25 heavy (non-hydrogen) atoms. The molecule has 2 aromatic rings. The molecule has 1 N–H and O–H groups in total. The molecule has 0 radical (unpaired) electrons. The average Bonchev–Trinajstić information content (AvgIpc) is 2.63. The molecule has 0 spiro atoms. The Morgan fingerprint density at radius 2 is 1.64 bits per heavy atom. The lowest BCUT2D eigenvalue weighted by Crippen LogP contribution is -2.48. The predicted octanol–water partition coefficient (Wildman–Crippen LogP) is 3.00. The molecule has 0 aromatic heterocycles. The highest BCUT2D eigenvalue weighted by atomic mass is 35.5. The Balaban J connectivity index is 1.56. The normalized spacial score (nSPS) is 15.2. The van der Waals surface area contributed by atoms with Crippen molar-refractivity contribution in [1.29, 1.82) is 0 Å². The number of benzene rings is 2. The molecule has 0 bridgehead atoms. The van der Waals surface area contributed by atoms with E-state index in [0.29, 0.717) is 35.8 Å². The van der Waals surface area contributed by atoms with Crippen molar-refractivity contribution in [3.63, 3.8) is 0 Å². The number of carbonyl (C=O) groups is 2. The molecule has 5 nitrogen and oxygen atoms in total. The zero-order valence-corrected chi connectivity index (χ0v) is 14.4. The van der Waals surface area contributed by atoms with Crippen molar-refractivity contribution in [3.8, 4) is 0 Å². The molecular formula is C19H19ClN2O3. The van der Waals surface area contributed by atoms with E-state index < -0.39 is 5.97 Å². The summed E-state index contributed by atoms with van der Waals surface area (Å²) >= 11 is 5.86. The molecule has 3 rings (SSSR count). The summed E-state index contributed by atoms with van der Waals surface area (Å²) in [7, 11) is 0. The third kappa shape index (κ3) is 4.38. The zero-order chi connectivity index (χ0) is 17.8. The van der Waals surface area contributed by atoms with E-state index in [2.05, 4.69) is 4.90 Å². The Kier molecular flexibility index (Phi) is 5.36. The van der Waals surface area contributed by atoms with Crippen molar-refractivity contribution in [2.45, 2.75) is 6.54 Å². The first kappa shape index (κ1) is 17.5. The van der Waals surface area contributed by atoms with Crippen LogP contribution in [0.25, 0.3) is 0 Å². The van der Waals surface area contributed by atoms with Crippen LogP contribution in [0.4, 0.5) is 0 Å². The van der Waals surface area contributed by atoms with Crippen LogP contribution >= 0.6 is 11.6 Å². The first-order valence-electron chi connectivity index (χ1n) is 8.12. The maximum absolute atomic E-state index is 12.5. The van der Waals surface area contributed by atoms with Crippen LogP contribution in [-0.2, 0) is 6.54 Å². The second kappa shape index (κ2) is 7.68. The third-order valence-electron chi connectivity index (χ3n) is 4.33. The van der Waals surface area contributed by atoms with Gasteiger partial charge in [0.15, 0.2) is 0 Å². The van der Waals surface area contributed by atoms with Crippen molar-refractivity contribution in [2.24, 2.45) is 0 Å².